The van der Waals surface area contributed by atoms with Gasteiger partial charge in [-0.05, 0) is 36.3 Å². The first-order valence-electron chi connectivity index (χ1n) is 7.70. The fraction of sp³-hybridized carbons (Fsp3) is 0.222. The van der Waals surface area contributed by atoms with E-state index in [2.05, 4.69) is 52.2 Å². The Morgan fingerprint density at radius 3 is 2.78 bits per heavy atom. The van der Waals surface area contributed by atoms with E-state index in [1.807, 2.05) is 11.7 Å². The Morgan fingerprint density at radius 1 is 1.04 bits per heavy atom. The topological polar surface area (TPSA) is 29.6 Å². The van der Waals surface area contributed by atoms with Gasteiger partial charge in [-0.2, -0.15) is 5.10 Å². The standard InChI is InChI=1S/C18H17N3S2/c1-19-18-21(16(12-23-18)17-10-5-11-22-17)20-15-9-4-7-13-6-2-3-8-14(13)15/h2-3,5-6,8,10-12H,4,7,9H2,1H3. The molecule has 0 fully saturated rings. The minimum absolute atomic E-state index is 0.934. The molecule has 1 aliphatic rings. The summed E-state index contributed by atoms with van der Waals surface area (Å²) in [6.45, 7) is 0. The van der Waals surface area contributed by atoms with Crippen molar-refractivity contribution in [3.63, 3.8) is 0 Å². The second-order valence-corrected chi connectivity index (χ2v) is 7.26. The third-order valence-corrected chi connectivity index (χ3v) is 5.86. The van der Waals surface area contributed by atoms with Gasteiger partial charge in [0.25, 0.3) is 0 Å². The van der Waals surface area contributed by atoms with E-state index in [4.69, 9.17) is 5.10 Å². The molecule has 4 rings (SSSR count). The SMILES string of the molecule is CN=c1scc(-c2cccs2)n1N=C1CCCc2ccccc21. The molecule has 0 bridgehead atoms. The lowest BCUT2D eigenvalue weighted by molar-refractivity contribution is 0.796. The molecule has 1 aliphatic carbocycles. The molecular formula is C18H17N3S2. The van der Waals surface area contributed by atoms with Gasteiger partial charge in [-0.25, -0.2) is 4.68 Å². The first-order chi connectivity index (χ1) is 11.4. The molecule has 0 unspecified atom stereocenters. The van der Waals surface area contributed by atoms with Crippen LogP contribution < -0.4 is 4.80 Å². The third kappa shape index (κ3) is 2.71. The van der Waals surface area contributed by atoms with Crippen LogP contribution in [0.5, 0.6) is 0 Å². The molecule has 1 aromatic carbocycles. The Morgan fingerprint density at radius 2 is 1.96 bits per heavy atom. The second kappa shape index (κ2) is 6.26. The van der Waals surface area contributed by atoms with Crippen molar-refractivity contribution in [2.45, 2.75) is 19.3 Å². The molecule has 3 nitrogen and oxygen atoms in total. The van der Waals surface area contributed by atoms with Crippen LogP contribution in [0.25, 0.3) is 10.6 Å². The molecule has 0 radical (unpaired) electrons. The maximum atomic E-state index is 5.00. The highest BCUT2D eigenvalue weighted by molar-refractivity contribution is 7.14. The Kier molecular flexibility index (Phi) is 3.97. The van der Waals surface area contributed by atoms with Crippen molar-refractivity contribution in [1.82, 2.24) is 4.68 Å². The zero-order valence-electron chi connectivity index (χ0n) is 12.9. The molecule has 3 aromatic rings. The summed E-state index contributed by atoms with van der Waals surface area (Å²) < 4.78 is 2.01. The summed E-state index contributed by atoms with van der Waals surface area (Å²) in [5.41, 5.74) is 4.98. The maximum Gasteiger partial charge on any atom is 0.205 e. The van der Waals surface area contributed by atoms with Gasteiger partial charge in [0.1, 0.15) is 0 Å². The van der Waals surface area contributed by atoms with Gasteiger partial charge in [0.2, 0.25) is 4.80 Å². The van der Waals surface area contributed by atoms with Crippen molar-refractivity contribution in [3.05, 3.63) is 63.1 Å². The summed E-state index contributed by atoms with van der Waals surface area (Å²) in [4.78, 5) is 6.56. The van der Waals surface area contributed by atoms with E-state index in [0.717, 1.165) is 35.5 Å². The molecule has 5 heteroatoms. The third-order valence-electron chi connectivity index (χ3n) is 4.06. The molecular weight excluding hydrogens is 322 g/mol. The van der Waals surface area contributed by atoms with E-state index in [0.29, 0.717) is 0 Å². The molecule has 0 aliphatic heterocycles. The second-order valence-electron chi connectivity index (χ2n) is 5.47. The van der Waals surface area contributed by atoms with Crippen molar-refractivity contribution >= 4 is 28.4 Å². The summed E-state index contributed by atoms with van der Waals surface area (Å²) in [6, 6.07) is 12.8. The van der Waals surface area contributed by atoms with Gasteiger partial charge < -0.3 is 0 Å². The average molecular weight is 339 g/mol. The molecule has 23 heavy (non-hydrogen) atoms. The van der Waals surface area contributed by atoms with Crippen LogP contribution in [0.15, 0.2) is 57.3 Å². The van der Waals surface area contributed by atoms with Gasteiger partial charge in [-0.3, -0.25) is 4.99 Å². The normalized spacial score (nSPS) is 16.7. The number of nitrogens with zero attached hydrogens (tertiary/aromatic N) is 3. The van der Waals surface area contributed by atoms with Gasteiger partial charge in [-0.15, -0.1) is 22.7 Å². The fourth-order valence-electron chi connectivity index (χ4n) is 2.97. The van der Waals surface area contributed by atoms with Crippen molar-refractivity contribution in [3.8, 4) is 10.6 Å². The quantitative estimate of drug-likeness (QED) is 0.662. The van der Waals surface area contributed by atoms with Crippen molar-refractivity contribution < 1.29 is 0 Å². The Balaban J connectivity index is 1.88. The number of rotatable bonds is 2. The highest BCUT2D eigenvalue weighted by Gasteiger charge is 2.16. The molecule has 0 amide bonds. The Labute approximate surface area is 143 Å². The Bertz CT molecular complexity index is 914. The summed E-state index contributed by atoms with van der Waals surface area (Å²) in [5, 5.41) is 9.25. The van der Waals surface area contributed by atoms with E-state index in [1.165, 1.54) is 16.0 Å². The van der Waals surface area contributed by atoms with Crippen molar-refractivity contribution in [1.29, 1.82) is 0 Å². The number of aryl methyl sites for hydroxylation is 1. The van der Waals surface area contributed by atoms with Gasteiger partial charge in [0.05, 0.1) is 16.3 Å². The van der Waals surface area contributed by atoms with Crippen LogP contribution in [0.2, 0.25) is 0 Å². The van der Waals surface area contributed by atoms with E-state index in [9.17, 15) is 0 Å². The number of hydrogen-bond acceptors (Lipinski definition) is 4. The molecule has 2 aromatic heterocycles. The first-order valence-corrected chi connectivity index (χ1v) is 9.46. The number of fused-ring (bicyclic) bond motifs is 1. The molecule has 0 saturated carbocycles. The largest absolute Gasteiger partial charge is 0.261 e. The molecule has 0 N–H and O–H groups in total. The summed E-state index contributed by atoms with van der Waals surface area (Å²) in [6.07, 6.45) is 3.33. The zero-order valence-corrected chi connectivity index (χ0v) is 14.5. The molecule has 0 atom stereocenters. The van der Waals surface area contributed by atoms with E-state index >= 15 is 0 Å². The van der Waals surface area contributed by atoms with E-state index in [1.54, 1.807) is 22.7 Å². The maximum absolute atomic E-state index is 5.00. The lowest BCUT2D eigenvalue weighted by Gasteiger charge is -2.17. The minimum Gasteiger partial charge on any atom is -0.261 e. The van der Waals surface area contributed by atoms with Gasteiger partial charge in [-0.1, -0.05) is 30.3 Å². The van der Waals surface area contributed by atoms with Crippen LogP contribution in [-0.2, 0) is 6.42 Å². The lowest BCUT2D eigenvalue weighted by Crippen LogP contribution is -2.18. The summed E-state index contributed by atoms with van der Waals surface area (Å²) in [5.74, 6) is 0. The van der Waals surface area contributed by atoms with Crippen LogP contribution >= 0.6 is 22.7 Å². The number of hydrogen-bond donors (Lipinski definition) is 0. The van der Waals surface area contributed by atoms with E-state index < -0.39 is 0 Å². The minimum atomic E-state index is 0.934. The van der Waals surface area contributed by atoms with Crippen molar-refractivity contribution in [2.75, 3.05) is 7.05 Å². The highest BCUT2D eigenvalue weighted by atomic mass is 32.1. The van der Waals surface area contributed by atoms with Crippen LogP contribution in [0.4, 0.5) is 0 Å². The number of aromatic nitrogens is 1. The number of benzene rings is 1. The molecule has 2 heterocycles. The summed E-state index contributed by atoms with van der Waals surface area (Å²) >= 11 is 3.38. The van der Waals surface area contributed by atoms with Crippen molar-refractivity contribution in [2.24, 2.45) is 10.1 Å². The van der Waals surface area contributed by atoms with Crippen LogP contribution in [0, 0.1) is 0 Å². The van der Waals surface area contributed by atoms with Gasteiger partial charge in [0.15, 0.2) is 0 Å². The smallest absolute Gasteiger partial charge is 0.205 e. The predicted molar refractivity (Wildman–Crippen MR) is 98.4 cm³/mol. The van der Waals surface area contributed by atoms with Crippen LogP contribution in [0.3, 0.4) is 0 Å². The van der Waals surface area contributed by atoms with Crippen LogP contribution in [0.1, 0.15) is 24.0 Å². The Hall–Kier alpha value is -1.98. The van der Waals surface area contributed by atoms with Crippen LogP contribution in [-0.4, -0.2) is 17.4 Å². The lowest BCUT2D eigenvalue weighted by atomic mass is 9.90. The monoisotopic (exact) mass is 339 g/mol. The highest BCUT2D eigenvalue weighted by Crippen LogP contribution is 2.27. The molecule has 0 saturated heterocycles. The average Bonchev–Trinajstić information content (AvgIpc) is 3.24. The number of thiophene rings is 1. The van der Waals surface area contributed by atoms with E-state index in [-0.39, 0.29) is 0 Å². The molecule has 116 valence electrons. The zero-order chi connectivity index (χ0) is 15.6. The van der Waals surface area contributed by atoms with Gasteiger partial charge in [0, 0.05) is 18.0 Å². The summed E-state index contributed by atoms with van der Waals surface area (Å²) in [7, 11) is 1.83. The first kappa shape index (κ1) is 14.6. The predicted octanol–water partition coefficient (Wildman–Crippen LogP) is 4.40. The van der Waals surface area contributed by atoms with Gasteiger partial charge >= 0.3 is 0 Å². The molecule has 0 spiro atoms. The fourth-order valence-corrected chi connectivity index (χ4v) is 4.56. The number of thiazole rings is 1.